The van der Waals surface area contributed by atoms with E-state index in [0.29, 0.717) is 6.42 Å². The third-order valence-corrected chi connectivity index (χ3v) is 3.33. The van der Waals surface area contributed by atoms with Gasteiger partial charge in [-0.2, -0.15) is 0 Å². The quantitative estimate of drug-likeness (QED) is 0.609. The average molecular weight is 295 g/mol. The van der Waals surface area contributed by atoms with Gasteiger partial charge in [-0.3, -0.25) is 0 Å². The summed E-state index contributed by atoms with van der Waals surface area (Å²) in [5.41, 5.74) is 0. The third kappa shape index (κ3) is 10.3. The summed E-state index contributed by atoms with van der Waals surface area (Å²) in [6, 6.07) is -1.26. The van der Waals surface area contributed by atoms with Crippen LogP contribution in [0.15, 0.2) is 0 Å². The van der Waals surface area contributed by atoms with E-state index >= 15 is 0 Å². The number of unbranched alkanes of at least 4 members (excludes halogenated alkanes) is 2. The Morgan fingerprint density at radius 3 is 2.42 bits per heavy atom. The lowest BCUT2D eigenvalue weighted by molar-refractivity contribution is -0.139. The lowest BCUT2D eigenvalue weighted by Crippen LogP contribution is -2.42. The molecule has 0 aromatic carbocycles. The second-order valence-electron chi connectivity index (χ2n) is 4.30. The van der Waals surface area contributed by atoms with Gasteiger partial charge in [-0.05, 0) is 12.8 Å². The maximum atomic E-state index is 11.3. The van der Waals surface area contributed by atoms with Crippen LogP contribution in [0.25, 0.3) is 0 Å². The van der Waals surface area contributed by atoms with Gasteiger partial charge in [-0.15, -0.1) is 0 Å². The highest BCUT2D eigenvalue weighted by Crippen LogP contribution is 1.99. The number of carboxylic acid groups (broad SMARTS) is 1. The van der Waals surface area contributed by atoms with Crippen molar-refractivity contribution in [3.8, 4) is 0 Å². The van der Waals surface area contributed by atoms with Crippen LogP contribution in [0.2, 0.25) is 0 Å². The molecule has 0 aliphatic heterocycles. The predicted octanol–water partition coefficient (Wildman–Crippen LogP) is 0.791. The number of nitrogens with one attached hydrogen (secondary N) is 1. The van der Waals surface area contributed by atoms with Crippen LogP contribution < -0.4 is 5.32 Å². The molecule has 0 bridgehead atoms. The molecule has 0 saturated carbocycles. The molecule has 8 heteroatoms. The summed E-state index contributed by atoms with van der Waals surface area (Å²) in [4.78, 5) is 22.2. The van der Waals surface area contributed by atoms with Crippen molar-refractivity contribution in [2.24, 2.45) is 0 Å². The van der Waals surface area contributed by atoms with E-state index in [4.69, 9.17) is 9.84 Å². The molecular formula is C11H21NO6S. The molecule has 1 amide bonds. The smallest absolute Gasteiger partial charge is 0.407 e. The normalized spacial score (nSPS) is 12.7. The molecule has 0 aliphatic rings. The molecule has 0 unspecified atom stereocenters. The monoisotopic (exact) mass is 295 g/mol. The minimum Gasteiger partial charge on any atom is -0.480 e. The molecule has 19 heavy (non-hydrogen) atoms. The molecule has 0 aliphatic carbocycles. The Morgan fingerprint density at radius 2 is 1.95 bits per heavy atom. The van der Waals surface area contributed by atoms with Crippen molar-refractivity contribution in [3.63, 3.8) is 0 Å². The first kappa shape index (κ1) is 17.7. The highest BCUT2D eigenvalue weighted by molar-refractivity contribution is 7.90. The minimum absolute atomic E-state index is 0.182. The van der Waals surface area contributed by atoms with Crippen LogP contribution in [0.3, 0.4) is 0 Å². The van der Waals surface area contributed by atoms with Crippen LogP contribution in [-0.4, -0.2) is 50.2 Å². The Hall–Kier alpha value is -1.31. The van der Waals surface area contributed by atoms with E-state index in [1.54, 1.807) is 0 Å². The van der Waals surface area contributed by atoms with Crippen LogP contribution in [0.4, 0.5) is 4.79 Å². The zero-order valence-electron chi connectivity index (χ0n) is 11.2. The zero-order valence-corrected chi connectivity index (χ0v) is 12.0. The summed E-state index contributed by atoms with van der Waals surface area (Å²) in [6.45, 7) is 2.23. The van der Waals surface area contributed by atoms with Crippen LogP contribution in [-0.2, 0) is 19.4 Å². The van der Waals surface area contributed by atoms with E-state index in [0.717, 1.165) is 19.1 Å². The second-order valence-corrected chi connectivity index (χ2v) is 6.56. The first-order valence-corrected chi connectivity index (χ1v) is 8.16. The van der Waals surface area contributed by atoms with Crippen LogP contribution in [0.1, 0.15) is 32.6 Å². The highest BCUT2D eigenvalue weighted by Gasteiger charge is 2.22. The Balaban J connectivity index is 4.12. The maximum Gasteiger partial charge on any atom is 0.407 e. The number of hydrogen-bond acceptors (Lipinski definition) is 5. The molecule has 0 spiro atoms. The van der Waals surface area contributed by atoms with Gasteiger partial charge in [0.1, 0.15) is 15.9 Å². The molecule has 1 atom stereocenters. The topological polar surface area (TPSA) is 110 Å². The fourth-order valence-corrected chi connectivity index (χ4v) is 1.95. The van der Waals surface area contributed by atoms with Crippen LogP contribution >= 0.6 is 0 Å². The van der Waals surface area contributed by atoms with E-state index < -0.39 is 27.9 Å². The average Bonchev–Trinajstić information content (AvgIpc) is 2.28. The van der Waals surface area contributed by atoms with Gasteiger partial charge in [0.05, 0.1) is 12.4 Å². The number of carboxylic acids is 1. The Morgan fingerprint density at radius 1 is 1.32 bits per heavy atom. The lowest BCUT2D eigenvalue weighted by Gasteiger charge is -2.14. The van der Waals surface area contributed by atoms with Crippen molar-refractivity contribution < 1.29 is 27.9 Å². The van der Waals surface area contributed by atoms with Gasteiger partial charge in [0.15, 0.2) is 0 Å². The summed E-state index contributed by atoms with van der Waals surface area (Å²) >= 11 is 0. The van der Waals surface area contributed by atoms with Gasteiger partial charge >= 0.3 is 12.1 Å². The summed E-state index contributed by atoms with van der Waals surface area (Å²) < 4.78 is 26.7. The maximum absolute atomic E-state index is 11.3. The van der Waals surface area contributed by atoms with Crippen molar-refractivity contribution in [1.29, 1.82) is 0 Å². The summed E-state index contributed by atoms with van der Waals surface area (Å²) in [5.74, 6) is -1.59. The molecule has 0 fully saturated rings. The summed E-state index contributed by atoms with van der Waals surface area (Å²) in [7, 11) is -3.27. The van der Waals surface area contributed by atoms with E-state index in [1.807, 2.05) is 6.92 Å². The first-order valence-electron chi connectivity index (χ1n) is 6.10. The van der Waals surface area contributed by atoms with E-state index in [1.165, 1.54) is 0 Å². The van der Waals surface area contributed by atoms with E-state index in [-0.39, 0.29) is 18.8 Å². The number of hydrogen-bond donors (Lipinski definition) is 2. The van der Waals surface area contributed by atoms with Gasteiger partial charge in [-0.25, -0.2) is 18.0 Å². The van der Waals surface area contributed by atoms with Gasteiger partial charge in [0.2, 0.25) is 0 Å². The van der Waals surface area contributed by atoms with Crippen molar-refractivity contribution in [2.75, 3.05) is 18.6 Å². The van der Waals surface area contributed by atoms with Gasteiger partial charge < -0.3 is 15.2 Å². The number of sulfone groups is 1. The molecular weight excluding hydrogens is 274 g/mol. The molecule has 7 nitrogen and oxygen atoms in total. The molecule has 0 heterocycles. The van der Waals surface area contributed by atoms with Crippen LogP contribution in [0, 0.1) is 0 Å². The van der Waals surface area contributed by atoms with Crippen molar-refractivity contribution in [1.82, 2.24) is 5.32 Å². The summed E-state index contributed by atoms with van der Waals surface area (Å²) in [6.07, 6.45) is 2.61. The standard InChI is InChI=1S/C11H21NO6S/c1-3-4-5-7-18-11(15)12-9(10(13)14)6-8-19(2,16)17/h9H,3-8H2,1-2H3,(H,12,15)(H,13,14)/t9-/m0/s1. The van der Waals surface area contributed by atoms with Crippen molar-refractivity contribution in [2.45, 2.75) is 38.6 Å². The Kier molecular flexibility index (Phi) is 8.13. The minimum atomic E-state index is -3.27. The number of carbonyl (C=O) groups excluding carboxylic acids is 1. The van der Waals surface area contributed by atoms with Gasteiger partial charge in [-0.1, -0.05) is 19.8 Å². The van der Waals surface area contributed by atoms with Gasteiger partial charge in [0.25, 0.3) is 0 Å². The Bertz CT molecular complexity index is 392. The molecule has 112 valence electrons. The number of amides is 1. The number of rotatable bonds is 9. The van der Waals surface area contributed by atoms with E-state index in [2.05, 4.69) is 5.32 Å². The Labute approximate surface area is 113 Å². The lowest BCUT2D eigenvalue weighted by atomic mass is 10.2. The van der Waals surface area contributed by atoms with Gasteiger partial charge in [0, 0.05) is 6.26 Å². The number of ether oxygens (including phenoxy) is 1. The first-order chi connectivity index (χ1) is 8.76. The zero-order chi connectivity index (χ0) is 14.9. The van der Waals surface area contributed by atoms with Crippen LogP contribution in [0.5, 0.6) is 0 Å². The molecule has 2 N–H and O–H groups in total. The van der Waals surface area contributed by atoms with E-state index in [9.17, 15) is 18.0 Å². The molecule has 0 saturated heterocycles. The van der Waals surface area contributed by atoms with Crippen molar-refractivity contribution in [3.05, 3.63) is 0 Å². The fourth-order valence-electron chi connectivity index (χ4n) is 1.29. The number of alkyl carbamates (subject to hydrolysis) is 1. The second kappa shape index (κ2) is 8.73. The van der Waals surface area contributed by atoms with Crippen molar-refractivity contribution >= 4 is 21.9 Å². The highest BCUT2D eigenvalue weighted by atomic mass is 32.2. The largest absolute Gasteiger partial charge is 0.480 e. The fraction of sp³-hybridized carbons (Fsp3) is 0.818. The number of carbonyl (C=O) groups is 2. The SMILES string of the molecule is CCCCCOC(=O)N[C@@H](CCS(C)(=O)=O)C(=O)O. The molecule has 0 aromatic heterocycles. The molecule has 0 radical (unpaired) electrons. The molecule has 0 aromatic rings. The molecule has 0 rings (SSSR count). The number of aliphatic carboxylic acids is 1. The third-order valence-electron chi connectivity index (χ3n) is 2.35. The summed E-state index contributed by atoms with van der Waals surface area (Å²) in [5, 5.41) is 11.0. The predicted molar refractivity (Wildman–Crippen MR) is 69.8 cm³/mol.